The standard InChI is InChI=1S/C24H24F3NO6/c1-31-20-13-16(7-8-19(20)32-11-12-33-24(25,26)27)21(29)22(30)28-10-9-23(18(14-28)15-34-23)17-5-3-2-4-6-17/h2-8,13,18H,9-12,14-15H2,1H3. The zero-order chi connectivity index (χ0) is 24.3. The van der Waals surface area contributed by atoms with Crippen LogP contribution < -0.4 is 9.47 Å². The Bertz CT molecular complexity index is 1040. The van der Waals surface area contributed by atoms with Gasteiger partial charge in [-0.25, -0.2) is 0 Å². The highest BCUT2D eigenvalue weighted by atomic mass is 19.4. The third kappa shape index (κ3) is 4.88. The number of hydrogen-bond donors (Lipinski definition) is 0. The van der Waals surface area contributed by atoms with E-state index in [9.17, 15) is 22.8 Å². The fraction of sp³-hybridized carbons (Fsp3) is 0.417. The second kappa shape index (κ2) is 9.63. The van der Waals surface area contributed by atoms with Gasteiger partial charge in [-0.05, 0) is 30.2 Å². The van der Waals surface area contributed by atoms with Gasteiger partial charge in [-0.15, -0.1) is 13.2 Å². The number of ether oxygens (including phenoxy) is 4. The van der Waals surface area contributed by atoms with Crippen LogP contribution in [0, 0.1) is 5.92 Å². The highest BCUT2D eigenvalue weighted by Crippen LogP contribution is 2.48. The smallest absolute Gasteiger partial charge is 0.493 e. The number of halogens is 3. The van der Waals surface area contributed by atoms with Gasteiger partial charge in [0.2, 0.25) is 0 Å². The van der Waals surface area contributed by atoms with Crippen LogP contribution in [0.15, 0.2) is 48.5 Å². The van der Waals surface area contributed by atoms with E-state index in [0.717, 1.165) is 5.56 Å². The fourth-order valence-corrected chi connectivity index (χ4v) is 4.41. The highest BCUT2D eigenvalue weighted by molar-refractivity contribution is 6.42. The fourth-order valence-electron chi connectivity index (χ4n) is 4.41. The summed E-state index contributed by atoms with van der Waals surface area (Å²) in [6.07, 6.45) is -4.15. The predicted octanol–water partition coefficient (Wildman–Crippen LogP) is 3.57. The molecule has 34 heavy (non-hydrogen) atoms. The molecule has 2 aromatic rings. The lowest BCUT2D eigenvalue weighted by atomic mass is 9.72. The largest absolute Gasteiger partial charge is 0.522 e. The number of hydrogen-bond acceptors (Lipinski definition) is 6. The lowest BCUT2D eigenvalue weighted by molar-refractivity contribution is -0.325. The van der Waals surface area contributed by atoms with Gasteiger partial charge in [0.15, 0.2) is 11.5 Å². The van der Waals surface area contributed by atoms with Crippen LogP contribution in [0.2, 0.25) is 0 Å². The van der Waals surface area contributed by atoms with Crippen LogP contribution in [0.25, 0.3) is 0 Å². The molecule has 2 saturated heterocycles. The summed E-state index contributed by atoms with van der Waals surface area (Å²) in [5, 5.41) is 0. The molecule has 2 heterocycles. The summed E-state index contributed by atoms with van der Waals surface area (Å²) in [6.45, 7) is 0.244. The van der Waals surface area contributed by atoms with Gasteiger partial charge in [0.05, 0.1) is 20.3 Å². The molecule has 1 amide bonds. The molecule has 2 aromatic carbocycles. The molecule has 0 N–H and O–H groups in total. The average Bonchev–Trinajstić information content (AvgIpc) is 2.82. The summed E-state index contributed by atoms with van der Waals surface area (Å²) in [5.41, 5.74) is 0.759. The van der Waals surface area contributed by atoms with Crippen molar-refractivity contribution in [3.05, 3.63) is 59.7 Å². The van der Waals surface area contributed by atoms with Crippen molar-refractivity contribution < 1.29 is 41.7 Å². The van der Waals surface area contributed by atoms with Crippen LogP contribution in [0.1, 0.15) is 22.3 Å². The second-order valence-corrected chi connectivity index (χ2v) is 8.10. The van der Waals surface area contributed by atoms with Gasteiger partial charge in [-0.3, -0.25) is 14.3 Å². The molecular formula is C24H24F3NO6. The van der Waals surface area contributed by atoms with Crippen LogP contribution in [0.4, 0.5) is 13.2 Å². The number of carbonyl (C=O) groups is 2. The lowest BCUT2D eigenvalue weighted by Crippen LogP contribution is -2.61. The molecule has 7 nitrogen and oxygen atoms in total. The van der Waals surface area contributed by atoms with Crippen LogP contribution in [0.5, 0.6) is 11.5 Å². The minimum absolute atomic E-state index is 0.102. The van der Waals surface area contributed by atoms with Crippen molar-refractivity contribution in [3.63, 3.8) is 0 Å². The molecule has 0 spiro atoms. The number of benzene rings is 2. The van der Waals surface area contributed by atoms with E-state index in [1.165, 1.54) is 25.3 Å². The number of alkyl halides is 3. The number of likely N-dealkylation sites (tertiary alicyclic amines) is 1. The molecule has 0 saturated carbocycles. The molecule has 0 aromatic heterocycles. The molecule has 2 aliphatic rings. The molecule has 0 aliphatic carbocycles. The molecule has 2 atom stereocenters. The number of nitrogens with zero attached hydrogens (tertiary/aromatic N) is 1. The molecular weight excluding hydrogens is 455 g/mol. The number of piperidine rings is 1. The van der Waals surface area contributed by atoms with E-state index in [-0.39, 0.29) is 29.6 Å². The van der Waals surface area contributed by atoms with Crippen molar-refractivity contribution in [2.75, 3.05) is 40.0 Å². The van der Waals surface area contributed by atoms with Crippen LogP contribution >= 0.6 is 0 Å². The van der Waals surface area contributed by atoms with Crippen molar-refractivity contribution in [2.45, 2.75) is 18.4 Å². The minimum atomic E-state index is -4.75. The number of amides is 1. The Kier molecular flexibility index (Phi) is 6.81. The van der Waals surface area contributed by atoms with Crippen molar-refractivity contribution in [1.29, 1.82) is 0 Å². The Morgan fingerprint density at radius 1 is 1.12 bits per heavy atom. The Morgan fingerprint density at radius 2 is 1.88 bits per heavy atom. The van der Waals surface area contributed by atoms with Gasteiger partial charge < -0.3 is 19.1 Å². The van der Waals surface area contributed by atoms with Gasteiger partial charge in [0.1, 0.15) is 12.2 Å². The van der Waals surface area contributed by atoms with Crippen LogP contribution in [0.3, 0.4) is 0 Å². The third-order valence-electron chi connectivity index (χ3n) is 6.17. The van der Waals surface area contributed by atoms with Crippen LogP contribution in [-0.4, -0.2) is 63.0 Å². The van der Waals surface area contributed by atoms with Crippen molar-refractivity contribution >= 4 is 11.7 Å². The summed E-state index contributed by atoms with van der Waals surface area (Å²) in [4.78, 5) is 27.4. The first-order chi connectivity index (χ1) is 16.2. The third-order valence-corrected chi connectivity index (χ3v) is 6.17. The molecule has 2 fully saturated rings. The summed E-state index contributed by atoms with van der Waals surface area (Å²) in [6, 6.07) is 14.0. The summed E-state index contributed by atoms with van der Waals surface area (Å²) < 4.78 is 56.3. The van der Waals surface area contributed by atoms with Crippen molar-refractivity contribution in [1.82, 2.24) is 4.90 Å². The second-order valence-electron chi connectivity index (χ2n) is 8.10. The Morgan fingerprint density at radius 3 is 2.50 bits per heavy atom. The number of ketones is 1. The first-order valence-electron chi connectivity index (χ1n) is 10.8. The number of Topliss-reactive ketones (excluding diaryl/α,β-unsaturated/α-hetero) is 1. The predicted molar refractivity (Wildman–Crippen MR) is 114 cm³/mol. The number of fused-ring (bicyclic) bond motifs is 1. The molecule has 4 rings (SSSR count). The van der Waals surface area contributed by atoms with Crippen LogP contribution in [-0.2, 0) is 19.9 Å². The molecule has 182 valence electrons. The zero-order valence-electron chi connectivity index (χ0n) is 18.5. The number of methoxy groups -OCH3 is 1. The quantitative estimate of drug-likeness (QED) is 0.328. The Hall–Kier alpha value is -3.11. The topological polar surface area (TPSA) is 74.3 Å². The van der Waals surface area contributed by atoms with Gasteiger partial charge in [-0.1, -0.05) is 30.3 Å². The van der Waals surface area contributed by atoms with E-state index in [1.807, 2.05) is 30.3 Å². The van der Waals surface area contributed by atoms with Crippen molar-refractivity contribution in [3.8, 4) is 11.5 Å². The SMILES string of the molecule is COc1cc(C(=O)C(=O)N2CCC3(c4ccccc4)OCC3C2)ccc1OCCOC(F)(F)F. The highest BCUT2D eigenvalue weighted by Gasteiger charge is 2.53. The Balaban J connectivity index is 1.39. The molecule has 0 bridgehead atoms. The first-order valence-corrected chi connectivity index (χ1v) is 10.8. The maximum absolute atomic E-state index is 12.9. The molecule has 10 heteroatoms. The maximum atomic E-state index is 12.9. The van der Waals surface area contributed by atoms with Gasteiger partial charge in [0, 0.05) is 24.6 Å². The van der Waals surface area contributed by atoms with Gasteiger partial charge in [-0.2, -0.15) is 0 Å². The average molecular weight is 479 g/mol. The first kappa shape index (κ1) is 24.0. The van der Waals surface area contributed by atoms with E-state index in [4.69, 9.17) is 14.2 Å². The molecule has 0 radical (unpaired) electrons. The zero-order valence-corrected chi connectivity index (χ0v) is 18.5. The van der Waals surface area contributed by atoms with Gasteiger partial charge >= 0.3 is 6.36 Å². The normalized spacial score (nSPS) is 21.9. The van der Waals surface area contributed by atoms with Crippen molar-refractivity contribution in [2.24, 2.45) is 5.92 Å². The van der Waals surface area contributed by atoms with E-state index < -0.39 is 30.3 Å². The van der Waals surface area contributed by atoms with E-state index >= 15 is 0 Å². The number of carbonyl (C=O) groups excluding carboxylic acids is 2. The minimum Gasteiger partial charge on any atom is -0.493 e. The summed E-state index contributed by atoms with van der Waals surface area (Å²) in [5.74, 6) is -0.959. The lowest BCUT2D eigenvalue weighted by Gasteiger charge is -2.55. The van der Waals surface area contributed by atoms with Gasteiger partial charge in [0.25, 0.3) is 11.7 Å². The summed E-state index contributed by atoms with van der Waals surface area (Å²) in [7, 11) is 1.33. The van der Waals surface area contributed by atoms with E-state index in [1.54, 1.807) is 4.90 Å². The van der Waals surface area contributed by atoms with E-state index in [2.05, 4.69) is 4.74 Å². The Labute approximate surface area is 194 Å². The molecule has 2 aliphatic heterocycles. The number of rotatable bonds is 8. The summed E-state index contributed by atoms with van der Waals surface area (Å²) >= 11 is 0. The monoisotopic (exact) mass is 479 g/mol. The maximum Gasteiger partial charge on any atom is 0.522 e. The van der Waals surface area contributed by atoms with E-state index in [0.29, 0.717) is 26.1 Å². The molecule has 2 unspecified atom stereocenters.